The molecule has 2 atom stereocenters. The second-order valence-corrected chi connectivity index (χ2v) is 4.42. The summed E-state index contributed by atoms with van der Waals surface area (Å²) >= 11 is 0. The van der Waals surface area contributed by atoms with Crippen LogP contribution < -0.4 is 4.74 Å². The molecule has 0 aromatic heterocycles. The molecule has 2 rings (SSSR count). The molecule has 1 aromatic carbocycles. The van der Waals surface area contributed by atoms with E-state index in [2.05, 4.69) is 0 Å². The van der Waals surface area contributed by atoms with Crippen LogP contribution in [0.5, 0.6) is 5.75 Å². The van der Waals surface area contributed by atoms with Crippen LogP contribution in [0.25, 0.3) is 0 Å². The smallest absolute Gasteiger partial charge is 0.126 e. The first-order chi connectivity index (χ1) is 7.66. The summed E-state index contributed by atoms with van der Waals surface area (Å²) in [6.07, 6.45) is 3.13. The molecule has 16 heavy (non-hydrogen) atoms. The van der Waals surface area contributed by atoms with Crippen LogP contribution in [0.2, 0.25) is 0 Å². The van der Waals surface area contributed by atoms with Gasteiger partial charge in [-0.3, -0.25) is 0 Å². The summed E-state index contributed by atoms with van der Waals surface area (Å²) in [5.41, 5.74) is 0.902. The summed E-state index contributed by atoms with van der Waals surface area (Å²) in [6.45, 7) is 1.88. The van der Waals surface area contributed by atoms with Crippen LogP contribution in [-0.4, -0.2) is 17.3 Å². The monoisotopic (exact) mass is 224 g/mol. The van der Waals surface area contributed by atoms with E-state index in [0.29, 0.717) is 5.75 Å². The number of benzene rings is 1. The summed E-state index contributed by atoms with van der Waals surface area (Å²) in [6, 6.07) is 4.50. The van der Waals surface area contributed by atoms with Crippen molar-refractivity contribution in [1.29, 1.82) is 0 Å². The number of aliphatic hydroxyl groups is 1. The van der Waals surface area contributed by atoms with E-state index in [4.69, 9.17) is 4.74 Å². The minimum Gasteiger partial charge on any atom is -0.487 e. The first-order valence-corrected chi connectivity index (χ1v) is 5.77. The number of rotatable bonds is 2. The molecule has 0 heterocycles. The minimum atomic E-state index is -0.420. The summed E-state index contributed by atoms with van der Waals surface area (Å²) < 4.78 is 18.7. The molecule has 0 saturated heterocycles. The summed E-state index contributed by atoms with van der Waals surface area (Å²) in [5, 5.41) is 9.77. The molecule has 1 fully saturated rings. The van der Waals surface area contributed by atoms with Crippen LogP contribution in [0.3, 0.4) is 0 Å². The molecule has 1 aliphatic rings. The normalized spacial score (nSPS) is 25.4. The van der Waals surface area contributed by atoms with Gasteiger partial charge in [-0.2, -0.15) is 0 Å². The second-order valence-electron chi connectivity index (χ2n) is 4.42. The Hall–Kier alpha value is -1.09. The molecule has 0 bridgehead atoms. The topological polar surface area (TPSA) is 29.5 Å². The van der Waals surface area contributed by atoms with Gasteiger partial charge in [0.05, 0.1) is 6.10 Å². The lowest BCUT2D eigenvalue weighted by Gasteiger charge is -2.28. The number of aryl methyl sites for hydroxylation is 1. The Labute approximate surface area is 95.1 Å². The van der Waals surface area contributed by atoms with Gasteiger partial charge < -0.3 is 9.84 Å². The Morgan fingerprint density at radius 2 is 2.06 bits per heavy atom. The Morgan fingerprint density at radius 1 is 1.31 bits per heavy atom. The van der Waals surface area contributed by atoms with E-state index in [1.807, 2.05) is 6.92 Å². The molecule has 0 amide bonds. The van der Waals surface area contributed by atoms with E-state index >= 15 is 0 Å². The zero-order chi connectivity index (χ0) is 11.5. The van der Waals surface area contributed by atoms with Gasteiger partial charge in [-0.1, -0.05) is 12.5 Å². The largest absolute Gasteiger partial charge is 0.487 e. The van der Waals surface area contributed by atoms with E-state index in [1.54, 1.807) is 6.07 Å². The Morgan fingerprint density at radius 3 is 2.81 bits per heavy atom. The van der Waals surface area contributed by atoms with Gasteiger partial charge in [-0.05, 0) is 37.8 Å². The fraction of sp³-hybridized carbons (Fsp3) is 0.538. The number of halogens is 1. The van der Waals surface area contributed by atoms with Gasteiger partial charge in [0.15, 0.2) is 0 Å². The predicted octanol–water partition coefficient (Wildman–Crippen LogP) is 2.82. The van der Waals surface area contributed by atoms with Gasteiger partial charge in [0.2, 0.25) is 0 Å². The number of aliphatic hydroxyl groups excluding tert-OH is 1. The van der Waals surface area contributed by atoms with Crippen molar-refractivity contribution in [1.82, 2.24) is 0 Å². The molecule has 1 N–H and O–H groups in total. The average molecular weight is 224 g/mol. The zero-order valence-corrected chi connectivity index (χ0v) is 9.45. The Bertz CT molecular complexity index is 365. The SMILES string of the molecule is Cc1ccc(F)cc1O[C@@H]1CCCC[C@H]1O. The molecule has 88 valence electrons. The van der Waals surface area contributed by atoms with Crippen LogP contribution in [-0.2, 0) is 0 Å². The Balaban J connectivity index is 2.10. The van der Waals surface area contributed by atoms with E-state index in [-0.39, 0.29) is 11.9 Å². The Kier molecular flexibility index (Phi) is 3.44. The third kappa shape index (κ3) is 2.53. The molecule has 1 aromatic rings. The van der Waals surface area contributed by atoms with Gasteiger partial charge in [0, 0.05) is 6.07 Å². The molecular formula is C13H17FO2. The summed E-state index contributed by atoms with van der Waals surface area (Å²) in [4.78, 5) is 0. The van der Waals surface area contributed by atoms with Gasteiger partial charge in [-0.25, -0.2) is 4.39 Å². The number of hydrogen-bond donors (Lipinski definition) is 1. The van der Waals surface area contributed by atoms with Gasteiger partial charge in [-0.15, -0.1) is 0 Å². The standard InChI is InChI=1S/C13H17FO2/c1-9-6-7-10(14)8-13(9)16-12-5-3-2-4-11(12)15/h6-8,11-12,15H,2-5H2,1H3/t11-,12-/m1/s1. The van der Waals surface area contributed by atoms with Gasteiger partial charge >= 0.3 is 0 Å². The lowest BCUT2D eigenvalue weighted by molar-refractivity contribution is 0.00639. The fourth-order valence-corrected chi connectivity index (χ4v) is 2.08. The van der Waals surface area contributed by atoms with Crippen molar-refractivity contribution in [2.24, 2.45) is 0 Å². The van der Waals surface area contributed by atoms with E-state index in [9.17, 15) is 9.50 Å². The van der Waals surface area contributed by atoms with E-state index < -0.39 is 6.10 Å². The van der Waals surface area contributed by atoms with Crippen LogP contribution in [0, 0.1) is 12.7 Å². The van der Waals surface area contributed by atoms with Crippen molar-refractivity contribution in [3.8, 4) is 5.75 Å². The molecule has 0 aliphatic heterocycles. The van der Waals surface area contributed by atoms with Crippen LogP contribution in [0.4, 0.5) is 4.39 Å². The zero-order valence-electron chi connectivity index (χ0n) is 9.45. The van der Waals surface area contributed by atoms with E-state index in [0.717, 1.165) is 31.2 Å². The lowest BCUT2D eigenvalue weighted by atomic mass is 9.95. The van der Waals surface area contributed by atoms with Crippen molar-refractivity contribution >= 4 is 0 Å². The number of ether oxygens (including phenoxy) is 1. The van der Waals surface area contributed by atoms with Crippen molar-refractivity contribution in [2.75, 3.05) is 0 Å². The average Bonchev–Trinajstić information content (AvgIpc) is 2.27. The van der Waals surface area contributed by atoms with Crippen molar-refractivity contribution in [3.05, 3.63) is 29.6 Å². The van der Waals surface area contributed by atoms with Gasteiger partial charge in [0.25, 0.3) is 0 Å². The minimum absolute atomic E-state index is 0.186. The quantitative estimate of drug-likeness (QED) is 0.837. The van der Waals surface area contributed by atoms with Crippen LogP contribution >= 0.6 is 0 Å². The third-order valence-electron chi connectivity index (χ3n) is 3.10. The molecule has 1 aliphatic carbocycles. The summed E-state index contributed by atoms with van der Waals surface area (Å²) in [5.74, 6) is 0.247. The molecule has 0 radical (unpaired) electrons. The van der Waals surface area contributed by atoms with Crippen LogP contribution in [0.1, 0.15) is 31.2 Å². The number of hydrogen-bond acceptors (Lipinski definition) is 2. The fourth-order valence-electron chi connectivity index (χ4n) is 2.08. The molecule has 1 saturated carbocycles. The lowest BCUT2D eigenvalue weighted by Crippen LogP contribution is -2.34. The second kappa shape index (κ2) is 4.83. The molecule has 0 unspecified atom stereocenters. The highest BCUT2D eigenvalue weighted by Crippen LogP contribution is 2.26. The van der Waals surface area contributed by atoms with Crippen molar-refractivity contribution in [2.45, 2.75) is 44.8 Å². The maximum absolute atomic E-state index is 13.1. The highest BCUT2D eigenvalue weighted by Gasteiger charge is 2.25. The maximum atomic E-state index is 13.1. The molecule has 2 nitrogen and oxygen atoms in total. The molecular weight excluding hydrogens is 207 g/mol. The first-order valence-electron chi connectivity index (χ1n) is 5.77. The highest BCUT2D eigenvalue weighted by atomic mass is 19.1. The van der Waals surface area contributed by atoms with Crippen LogP contribution in [0.15, 0.2) is 18.2 Å². The predicted molar refractivity (Wildman–Crippen MR) is 60.0 cm³/mol. The van der Waals surface area contributed by atoms with Crippen molar-refractivity contribution in [3.63, 3.8) is 0 Å². The molecule has 3 heteroatoms. The summed E-state index contributed by atoms with van der Waals surface area (Å²) in [7, 11) is 0. The highest BCUT2D eigenvalue weighted by molar-refractivity contribution is 5.32. The van der Waals surface area contributed by atoms with Gasteiger partial charge in [0.1, 0.15) is 17.7 Å². The van der Waals surface area contributed by atoms with E-state index in [1.165, 1.54) is 12.1 Å². The van der Waals surface area contributed by atoms with Crippen molar-refractivity contribution < 1.29 is 14.2 Å². The third-order valence-corrected chi connectivity index (χ3v) is 3.10. The molecule has 0 spiro atoms. The first kappa shape index (κ1) is 11.4. The maximum Gasteiger partial charge on any atom is 0.126 e.